The Labute approximate surface area is 173 Å². The third kappa shape index (κ3) is 3.67. The lowest BCUT2D eigenvalue weighted by atomic mass is 9.86. The highest BCUT2D eigenvalue weighted by molar-refractivity contribution is 6.10. The van der Waals surface area contributed by atoms with Gasteiger partial charge < -0.3 is 9.47 Å². The summed E-state index contributed by atoms with van der Waals surface area (Å²) >= 11 is 0. The van der Waals surface area contributed by atoms with Crippen LogP contribution in [-0.4, -0.2) is 14.2 Å². The fourth-order valence-electron chi connectivity index (χ4n) is 4.00. The van der Waals surface area contributed by atoms with Crippen LogP contribution >= 0.6 is 0 Å². The van der Waals surface area contributed by atoms with Gasteiger partial charge in [-0.25, -0.2) is 0 Å². The average molecular weight is 385 g/mol. The highest BCUT2D eigenvalue weighted by Gasteiger charge is 2.14. The smallest absolute Gasteiger partial charge is 0.161 e. The lowest BCUT2D eigenvalue weighted by Crippen LogP contribution is -2.10. The van der Waals surface area contributed by atoms with Crippen molar-refractivity contribution in [1.82, 2.24) is 0 Å². The lowest BCUT2D eigenvalue weighted by molar-refractivity contribution is 0.356. The first-order chi connectivity index (χ1) is 13.9. The highest BCUT2D eigenvalue weighted by Crippen LogP contribution is 2.37. The van der Waals surface area contributed by atoms with Gasteiger partial charge in [0, 0.05) is 0 Å². The maximum absolute atomic E-state index is 5.53. The van der Waals surface area contributed by atoms with E-state index >= 15 is 0 Å². The first-order valence-electron chi connectivity index (χ1n) is 10.1. The van der Waals surface area contributed by atoms with E-state index in [0.717, 1.165) is 17.9 Å². The van der Waals surface area contributed by atoms with E-state index in [1.54, 1.807) is 14.2 Å². The largest absolute Gasteiger partial charge is 0.493 e. The second-order valence-electron chi connectivity index (χ2n) is 8.63. The van der Waals surface area contributed by atoms with Crippen molar-refractivity contribution >= 4 is 21.5 Å². The summed E-state index contributed by atoms with van der Waals surface area (Å²) in [6, 6.07) is 24.1. The summed E-state index contributed by atoms with van der Waals surface area (Å²) < 4.78 is 11.1. The standard InChI is InChI=1S/C27H28O2/c1-27(2,3)21-12-10-18(11-13-21)14-19-15-20-16-25(28-4)26(29-5)17-24(20)23-9-7-6-8-22(19)23/h6-13,15-17H,14H2,1-5H3. The summed E-state index contributed by atoms with van der Waals surface area (Å²) in [5, 5.41) is 4.88. The topological polar surface area (TPSA) is 18.5 Å². The van der Waals surface area contributed by atoms with Crippen molar-refractivity contribution in [1.29, 1.82) is 0 Å². The van der Waals surface area contributed by atoms with Gasteiger partial charge in [0.1, 0.15) is 0 Å². The summed E-state index contributed by atoms with van der Waals surface area (Å²) in [4.78, 5) is 0. The number of benzene rings is 4. The van der Waals surface area contributed by atoms with Crippen LogP contribution in [0.4, 0.5) is 0 Å². The van der Waals surface area contributed by atoms with Gasteiger partial charge in [0.25, 0.3) is 0 Å². The quantitative estimate of drug-likeness (QED) is 0.356. The second-order valence-corrected chi connectivity index (χ2v) is 8.63. The molecule has 148 valence electrons. The van der Waals surface area contributed by atoms with E-state index in [1.165, 1.54) is 38.2 Å². The number of hydrogen-bond acceptors (Lipinski definition) is 2. The molecule has 0 aliphatic carbocycles. The maximum Gasteiger partial charge on any atom is 0.161 e. The molecule has 0 atom stereocenters. The maximum atomic E-state index is 5.53. The lowest BCUT2D eigenvalue weighted by Gasteiger charge is -2.19. The molecule has 0 amide bonds. The van der Waals surface area contributed by atoms with Crippen molar-refractivity contribution in [2.45, 2.75) is 32.6 Å². The fraction of sp³-hybridized carbons (Fsp3) is 0.259. The molecule has 0 aromatic heterocycles. The molecule has 4 aromatic carbocycles. The molecule has 4 aromatic rings. The first kappa shape index (κ1) is 19.3. The van der Waals surface area contributed by atoms with Gasteiger partial charge in [0.05, 0.1) is 14.2 Å². The molecule has 0 heterocycles. The Hall–Kier alpha value is -3.00. The summed E-state index contributed by atoms with van der Waals surface area (Å²) in [5.74, 6) is 1.52. The van der Waals surface area contributed by atoms with E-state index < -0.39 is 0 Å². The molecule has 0 saturated carbocycles. The van der Waals surface area contributed by atoms with E-state index in [-0.39, 0.29) is 5.41 Å². The zero-order valence-corrected chi connectivity index (χ0v) is 17.9. The van der Waals surface area contributed by atoms with Crippen LogP contribution in [0.1, 0.15) is 37.5 Å². The van der Waals surface area contributed by atoms with Crippen LogP contribution in [0.25, 0.3) is 21.5 Å². The molecule has 0 spiro atoms. The van der Waals surface area contributed by atoms with Gasteiger partial charge in [-0.15, -0.1) is 0 Å². The van der Waals surface area contributed by atoms with E-state index in [0.29, 0.717) is 0 Å². The van der Waals surface area contributed by atoms with E-state index in [1.807, 2.05) is 0 Å². The molecule has 0 N–H and O–H groups in total. The van der Waals surface area contributed by atoms with E-state index in [4.69, 9.17) is 9.47 Å². The Morgan fingerprint density at radius 3 is 1.93 bits per heavy atom. The van der Waals surface area contributed by atoms with Gasteiger partial charge in [0.15, 0.2) is 11.5 Å². The monoisotopic (exact) mass is 384 g/mol. The van der Waals surface area contributed by atoms with E-state index in [2.05, 4.69) is 87.5 Å². The molecule has 0 radical (unpaired) electrons. The fourth-order valence-corrected chi connectivity index (χ4v) is 4.00. The third-order valence-corrected chi connectivity index (χ3v) is 5.66. The normalized spacial score (nSPS) is 11.8. The van der Waals surface area contributed by atoms with Crippen molar-refractivity contribution in [3.63, 3.8) is 0 Å². The van der Waals surface area contributed by atoms with Crippen LogP contribution in [-0.2, 0) is 11.8 Å². The van der Waals surface area contributed by atoms with Crippen LogP contribution in [0.15, 0.2) is 66.7 Å². The molecule has 4 rings (SSSR count). The van der Waals surface area contributed by atoms with Gasteiger partial charge in [-0.05, 0) is 62.2 Å². The number of methoxy groups -OCH3 is 2. The third-order valence-electron chi connectivity index (χ3n) is 5.66. The summed E-state index contributed by atoms with van der Waals surface area (Å²) in [6.07, 6.45) is 0.898. The number of ether oxygens (including phenoxy) is 2. The summed E-state index contributed by atoms with van der Waals surface area (Å²) in [7, 11) is 3.36. The summed E-state index contributed by atoms with van der Waals surface area (Å²) in [5.41, 5.74) is 4.18. The minimum atomic E-state index is 0.170. The van der Waals surface area contributed by atoms with Gasteiger partial charge in [-0.1, -0.05) is 75.4 Å². The molecule has 2 heteroatoms. The Morgan fingerprint density at radius 1 is 0.690 bits per heavy atom. The van der Waals surface area contributed by atoms with Crippen molar-refractivity contribution in [3.8, 4) is 11.5 Å². The molecular weight excluding hydrogens is 356 g/mol. The van der Waals surface area contributed by atoms with Gasteiger partial charge in [-0.2, -0.15) is 0 Å². The molecule has 2 nitrogen and oxygen atoms in total. The number of fused-ring (bicyclic) bond motifs is 3. The van der Waals surface area contributed by atoms with Gasteiger partial charge >= 0.3 is 0 Å². The van der Waals surface area contributed by atoms with Crippen molar-refractivity contribution < 1.29 is 9.47 Å². The van der Waals surface area contributed by atoms with Crippen molar-refractivity contribution in [2.24, 2.45) is 0 Å². The Kier molecular flexibility index (Phi) is 4.96. The molecule has 0 aliphatic rings. The second kappa shape index (κ2) is 7.44. The zero-order valence-electron chi connectivity index (χ0n) is 17.9. The predicted molar refractivity (Wildman–Crippen MR) is 123 cm³/mol. The van der Waals surface area contributed by atoms with Gasteiger partial charge in [0.2, 0.25) is 0 Å². The molecular formula is C27H28O2. The van der Waals surface area contributed by atoms with Crippen LogP contribution in [0, 0.1) is 0 Å². The van der Waals surface area contributed by atoms with Crippen LogP contribution < -0.4 is 9.47 Å². The van der Waals surface area contributed by atoms with Crippen LogP contribution in [0.2, 0.25) is 0 Å². The Morgan fingerprint density at radius 2 is 1.31 bits per heavy atom. The number of hydrogen-bond donors (Lipinski definition) is 0. The van der Waals surface area contributed by atoms with Crippen LogP contribution in [0.3, 0.4) is 0 Å². The number of rotatable bonds is 4. The molecule has 0 saturated heterocycles. The molecule has 0 fully saturated rings. The predicted octanol–water partition coefficient (Wildman–Crippen LogP) is 6.90. The Bertz CT molecular complexity index is 1170. The minimum Gasteiger partial charge on any atom is -0.493 e. The van der Waals surface area contributed by atoms with Crippen molar-refractivity contribution in [2.75, 3.05) is 14.2 Å². The summed E-state index contributed by atoms with van der Waals surface area (Å²) in [6.45, 7) is 6.75. The Balaban J connectivity index is 1.85. The molecule has 0 unspecified atom stereocenters. The van der Waals surface area contributed by atoms with Crippen molar-refractivity contribution in [3.05, 3.63) is 83.4 Å². The first-order valence-corrected chi connectivity index (χ1v) is 10.1. The average Bonchev–Trinajstić information content (AvgIpc) is 2.72. The van der Waals surface area contributed by atoms with E-state index in [9.17, 15) is 0 Å². The molecule has 29 heavy (non-hydrogen) atoms. The molecule has 0 bridgehead atoms. The zero-order chi connectivity index (χ0) is 20.6. The van der Waals surface area contributed by atoms with Gasteiger partial charge in [-0.3, -0.25) is 0 Å². The van der Waals surface area contributed by atoms with Crippen LogP contribution in [0.5, 0.6) is 11.5 Å². The SMILES string of the molecule is COc1cc2cc(Cc3ccc(C(C)(C)C)cc3)c3ccccc3c2cc1OC. The molecule has 0 aliphatic heterocycles. The minimum absolute atomic E-state index is 0.170. The highest BCUT2D eigenvalue weighted by atomic mass is 16.5.